The summed E-state index contributed by atoms with van der Waals surface area (Å²) in [4.78, 5) is 2.38. The summed E-state index contributed by atoms with van der Waals surface area (Å²) < 4.78 is 5.38. The van der Waals surface area contributed by atoms with Gasteiger partial charge in [-0.3, -0.25) is 4.90 Å². The highest BCUT2D eigenvalue weighted by molar-refractivity contribution is 4.97. The van der Waals surface area contributed by atoms with Gasteiger partial charge < -0.3 is 9.84 Å². The number of ether oxygens (including phenoxy) is 1. The Morgan fingerprint density at radius 2 is 1.69 bits per heavy atom. The molecule has 3 heteroatoms. The molecule has 1 N–H and O–H groups in total. The molecule has 1 aliphatic heterocycles. The Hall–Kier alpha value is -0.120. The van der Waals surface area contributed by atoms with E-state index in [1.807, 2.05) is 0 Å². The van der Waals surface area contributed by atoms with E-state index in [2.05, 4.69) is 39.5 Å². The number of morpholine rings is 1. The van der Waals surface area contributed by atoms with Crippen molar-refractivity contribution in [1.82, 2.24) is 4.90 Å². The maximum absolute atomic E-state index is 10.6. The summed E-state index contributed by atoms with van der Waals surface area (Å²) in [6.07, 6.45) is 0.647. The maximum Gasteiger partial charge on any atom is 0.0769 e. The number of hydrogen-bond donors (Lipinski definition) is 1. The number of nitrogens with zero attached hydrogens (tertiary/aromatic N) is 1. The van der Waals surface area contributed by atoms with E-state index in [1.165, 1.54) is 0 Å². The lowest BCUT2D eigenvalue weighted by Gasteiger charge is -2.49. The smallest absolute Gasteiger partial charge is 0.0769 e. The van der Waals surface area contributed by atoms with Crippen LogP contribution in [0.15, 0.2) is 0 Å². The molecular formula is C13H27NO2. The van der Waals surface area contributed by atoms with Crippen LogP contribution in [-0.2, 0) is 4.74 Å². The van der Waals surface area contributed by atoms with Crippen LogP contribution in [0.3, 0.4) is 0 Å². The first-order valence-corrected chi connectivity index (χ1v) is 6.33. The highest BCUT2D eigenvalue weighted by Gasteiger charge is 2.43. The third kappa shape index (κ3) is 2.76. The van der Waals surface area contributed by atoms with Gasteiger partial charge >= 0.3 is 0 Å². The number of hydrogen-bond acceptors (Lipinski definition) is 3. The monoisotopic (exact) mass is 229 g/mol. The van der Waals surface area contributed by atoms with Gasteiger partial charge in [-0.15, -0.1) is 0 Å². The van der Waals surface area contributed by atoms with Crippen molar-refractivity contribution in [2.75, 3.05) is 26.3 Å². The molecule has 3 nitrogen and oxygen atoms in total. The van der Waals surface area contributed by atoms with E-state index in [1.54, 1.807) is 0 Å². The molecule has 1 saturated heterocycles. The van der Waals surface area contributed by atoms with Gasteiger partial charge in [-0.25, -0.2) is 0 Å². The molecule has 0 spiro atoms. The summed E-state index contributed by atoms with van der Waals surface area (Å²) in [5.41, 5.74) is -0.217. The molecule has 0 amide bonds. The lowest BCUT2D eigenvalue weighted by molar-refractivity contribution is -0.106. The molecule has 1 rings (SSSR count). The van der Waals surface area contributed by atoms with Gasteiger partial charge in [-0.2, -0.15) is 0 Å². The van der Waals surface area contributed by atoms with Crippen molar-refractivity contribution in [3.63, 3.8) is 0 Å². The quantitative estimate of drug-likeness (QED) is 0.802. The van der Waals surface area contributed by atoms with Crippen LogP contribution in [-0.4, -0.2) is 48.0 Å². The zero-order chi connectivity index (χ0) is 12.4. The standard InChI is InChI=1S/C13H27NO2/c1-6-13(5,11(15)12(2,3)4)14-7-9-16-10-8-14/h11,15H,6-10H2,1-5H3. The maximum atomic E-state index is 10.6. The largest absolute Gasteiger partial charge is 0.391 e. The molecule has 1 aliphatic rings. The molecule has 0 radical (unpaired) electrons. The Morgan fingerprint density at radius 3 is 2.06 bits per heavy atom. The van der Waals surface area contributed by atoms with E-state index in [4.69, 9.17) is 4.74 Å². The van der Waals surface area contributed by atoms with Crippen molar-refractivity contribution >= 4 is 0 Å². The lowest BCUT2D eigenvalue weighted by atomic mass is 9.75. The van der Waals surface area contributed by atoms with Crippen molar-refractivity contribution < 1.29 is 9.84 Å². The highest BCUT2D eigenvalue weighted by atomic mass is 16.5. The van der Waals surface area contributed by atoms with Crippen LogP contribution >= 0.6 is 0 Å². The molecule has 0 bridgehead atoms. The van der Waals surface area contributed by atoms with Crippen LogP contribution in [0.4, 0.5) is 0 Å². The fourth-order valence-electron chi connectivity index (χ4n) is 2.60. The molecule has 2 atom stereocenters. The minimum atomic E-state index is -0.317. The molecule has 1 heterocycles. The van der Waals surface area contributed by atoms with Crippen molar-refractivity contribution in [3.8, 4) is 0 Å². The van der Waals surface area contributed by atoms with Crippen LogP contribution in [0.1, 0.15) is 41.0 Å². The van der Waals surface area contributed by atoms with Gasteiger partial charge in [0.25, 0.3) is 0 Å². The highest BCUT2D eigenvalue weighted by Crippen LogP contribution is 2.34. The Kier molecular flexibility index (Phi) is 4.38. The summed E-state index contributed by atoms with van der Waals surface area (Å²) in [5.74, 6) is 0. The van der Waals surface area contributed by atoms with E-state index in [-0.39, 0.29) is 17.1 Å². The van der Waals surface area contributed by atoms with Crippen LogP contribution in [0, 0.1) is 5.41 Å². The van der Waals surface area contributed by atoms with Gasteiger partial charge in [0.1, 0.15) is 0 Å². The number of rotatable bonds is 3. The van der Waals surface area contributed by atoms with Gasteiger partial charge in [0.15, 0.2) is 0 Å². The van der Waals surface area contributed by atoms with E-state index in [0.29, 0.717) is 0 Å². The molecule has 1 fully saturated rings. The fourth-order valence-corrected chi connectivity index (χ4v) is 2.60. The number of aliphatic hydroxyl groups excluding tert-OH is 1. The zero-order valence-electron chi connectivity index (χ0n) is 11.4. The molecule has 0 aromatic rings. The summed E-state index contributed by atoms with van der Waals surface area (Å²) >= 11 is 0. The topological polar surface area (TPSA) is 32.7 Å². The van der Waals surface area contributed by atoms with Gasteiger partial charge in [-0.05, 0) is 18.8 Å². The van der Waals surface area contributed by atoms with Crippen LogP contribution in [0.25, 0.3) is 0 Å². The molecular weight excluding hydrogens is 202 g/mol. The minimum absolute atomic E-state index is 0.0803. The normalized spacial score (nSPS) is 25.1. The first-order valence-electron chi connectivity index (χ1n) is 6.33. The van der Waals surface area contributed by atoms with Crippen molar-refractivity contribution in [1.29, 1.82) is 0 Å². The third-order valence-electron chi connectivity index (χ3n) is 3.86. The Bertz CT molecular complexity index is 218. The molecule has 2 unspecified atom stereocenters. The predicted molar refractivity (Wildman–Crippen MR) is 66.5 cm³/mol. The first-order chi connectivity index (χ1) is 7.32. The van der Waals surface area contributed by atoms with Crippen LogP contribution in [0.2, 0.25) is 0 Å². The van der Waals surface area contributed by atoms with E-state index in [0.717, 1.165) is 32.7 Å². The van der Waals surface area contributed by atoms with Crippen molar-refractivity contribution in [2.24, 2.45) is 5.41 Å². The van der Waals surface area contributed by atoms with Crippen LogP contribution in [0.5, 0.6) is 0 Å². The summed E-state index contributed by atoms with van der Waals surface area (Å²) in [5, 5.41) is 10.6. The molecule has 16 heavy (non-hydrogen) atoms. The predicted octanol–water partition coefficient (Wildman–Crippen LogP) is 1.89. The summed E-state index contributed by atoms with van der Waals surface area (Å²) in [6, 6.07) is 0. The average molecular weight is 229 g/mol. The number of aliphatic hydroxyl groups is 1. The summed E-state index contributed by atoms with van der Waals surface area (Å²) in [7, 11) is 0. The Morgan fingerprint density at radius 1 is 1.19 bits per heavy atom. The van der Waals surface area contributed by atoms with E-state index in [9.17, 15) is 5.11 Å². The van der Waals surface area contributed by atoms with E-state index < -0.39 is 0 Å². The lowest BCUT2D eigenvalue weighted by Crippen LogP contribution is -2.61. The zero-order valence-corrected chi connectivity index (χ0v) is 11.4. The molecule has 0 aliphatic carbocycles. The minimum Gasteiger partial charge on any atom is -0.391 e. The molecule has 0 aromatic carbocycles. The van der Waals surface area contributed by atoms with Crippen molar-refractivity contribution in [2.45, 2.75) is 52.7 Å². The van der Waals surface area contributed by atoms with E-state index >= 15 is 0 Å². The van der Waals surface area contributed by atoms with Gasteiger partial charge in [0, 0.05) is 18.6 Å². The molecule has 0 saturated carbocycles. The fraction of sp³-hybridized carbons (Fsp3) is 1.00. The Balaban J connectivity index is 2.82. The van der Waals surface area contributed by atoms with Gasteiger partial charge in [0.2, 0.25) is 0 Å². The van der Waals surface area contributed by atoms with Crippen LogP contribution < -0.4 is 0 Å². The second-order valence-electron chi connectivity index (χ2n) is 6.08. The SMILES string of the molecule is CCC(C)(C(O)C(C)(C)C)N1CCOCC1. The average Bonchev–Trinajstić information content (AvgIpc) is 2.27. The summed E-state index contributed by atoms with van der Waals surface area (Å²) in [6.45, 7) is 14.1. The second kappa shape index (κ2) is 5.03. The Labute approximate surface area is 99.8 Å². The van der Waals surface area contributed by atoms with Crippen molar-refractivity contribution in [3.05, 3.63) is 0 Å². The third-order valence-corrected chi connectivity index (χ3v) is 3.86. The molecule has 0 aromatic heterocycles. The van der Waals surface area contributed by atoms with Gasteiger partial charge in [0.05, 0.1) is 19.3 Å². The molecule has 96 valence electrons. The van der Waals surface area contributed by atoms with Gasteiger partial charge in [-0.1, -0.05) is 27.7 Å². The first kappa shape index (κ1) is 13.9. The second-order valence-corrected chi connectivity index (χ2v) is 6.08.